The third kappa shape index (κ3) is 3.56. The van der Waals surface area contributed by atoms with Crippen molar-refractivity contribution in [2.24, 2.45) is 5.92 Å². The minimum Gasteiger partial charge on any atom is -0.467 e. The normalized spacial score (nSPS) is 15.2. The third-order valence-electron chi connectivity index (χ3n) is 4.50. The minimum atomic E-state index is 0.0172. The van der Waals surface area contributed by atoms with Crippen LogP contribution in [0.4, 0.5) is 5.82 Å². The third-order valence-corrected chi connectivity index (χ3v) is 4.50. The van der Waals surface area contributed by atoms with Gasteiger partial charge in [-0.2, -0.15) is 5.10 Å². The molecule has 1 aliphatic heterocycles. The van der Waals surface area contributed by atoms with E-state index in [1.165, 1.54) is 6.33 Å². The smallest absolute Gasteiger partial charge is 0.223 e. The molecule has 0 saturated carbocycles. The molecule has 0 aliphatic carbocycles. The van der Waals surface area contributed by atoms with E-state index >= 15 is 0 Å². The van der Waals surface area contributed by atoms with E-state index < -0.39 is 0 Å². The van der Waals surface area contributed by atoms with Crippen LogP contribution in [0.25, 0.3) is 5.82 Å². The second kappa shape index (κ2) is 7.34. The standard InChI is InChI=1S/C17H19N7O2/c25-17(19-10-14-2-1-9-26-14)13-5-7-23(8-6-13)15-3-4-16(22-21-15)24-12-18-11-20-24/h1-4,9,11-13H,5-8,10H2,(H,19,25). The van der Waals surface area contributed by atoms with Gasteiger partial charge in [-0.3, -0.25) is 4.79 Å². The number of rotatable bonds is 5. The molecule has 0 aromatic carbocycles. The van der Waals surface area contributed by atoms with Gasteiger partial charge in [0.25, 0.3) is 0 Å². The second-order valence-corrected chi connectivity index (χ2v) is 6.15. The first-order chi connectivity index (χ1) is 12.8. The molecule has 3 aromatic heterocycles. The SMILES string of the molecule is O=C(NCc1ccco1)C1CCN(c2ccc(-n3cncn3)nn2)CC1. The van der Waals surface area contributed by atoms with Crippen molar-refractivity contribution in [2.75, 3.05) is 18.0 Å². The van der Waals surface area contributed by atoms with Crippen LogP contribution in [0.5, 0.6) is 0 Å². The number of amides is 1. The van der Waals surface area contributed by atoms with Crippen LogP contribution in [0, 0.1) is 5.92 Å². The number of aromatic nitrogens is 5. The van der Waals surface area contributed by atoms with E-state index in [0.29, 0.717) is 12.4 Å². The number of furan rings is 1. The molecule has 0 bridgehead atoms. The van der Waals surface area contributed by atoms with E-state index in [2.05, 4.69) is 30.5 Å². The van der Waals surface area contributed by atoms with Crippen molar-refractivity contribution in [3.05, 3.63) is 48.9 Å². The zero-order valence-electron chi connectivity index (χ0n) is 14.2. The van der Waals surface area contributed by atoms with E-state index in [9.17, 15) is 4.79 Å². The summed E-state index contributed by atoms with van der Waals surface area (Å²) in [5.41, 5.74) is 0. The van der Waals surface area contributed by atoms with Crippen LogP contribution in [0.15, 0.2) is 47.6 Å². The fourth-order valence-electron chi connectivity index (χ4n) is 3.04. The lowest BCUT2D eigenvalue weighted by molar-refractivity contribution is -0.125. The average molecular weight is 353 g/mol. The van der Waals surface area contributed by atoms with Gasteiger partial charge in [0.15, 0.2) is 11.6 Å². The maximum Gasteiger partial charge on any atom is 0.223 e. The topological polar surface area (TPSA) is 102 Å². The zero-order chi connectivity index (χ0) is 17.8. The van der Waals surface area contributed by atoms with Crippen LogP contribution in [0.1, 0.15) is 18.6 Å². The van der Waals surface area contributed by atoms with Gasteiger partial charge in [-0.15, -0.1) is 10.2 Å². The molecule has 0 unspecified atom stereocenters. The molecule has 134 valence electrons. The molecule has 9 heteroatoms. The van der Waals surface area contributed by atoms with Crippen LogP contribution in [0.3, 0.4) is 0 Å². The van der Waals surface area contributed by atoms with Crippen LogP contribution < -0.4 is 10.2 Å². The highest BCUT2D eigenvalue weighted by atomic mass is 16.3. The van der Waals surface area contributed by atoms with Gasteiger partial charge in [-0.05, 0) is 37.1 Å². The van der Waals surface area contributed by atoms with Crippen molar-refractivity contribution in [3.63, 3.8) is 0 Å². The fraction of sp³-hybridized carbons (Fsp3) is 0.353. The summed E-state index contributed by atoms with van der Waals surface area (Å²) < 4.78 is 6.80. The zero-order valence-corrected chi connectivity index (χ0v) is 14.2. The number of piperidine rings is 1. The Morgan fingerprint density at radius 1 is 1.19 bits per heavy atom. The van der Waals surface area contributed by atoms with Crippen molar-refractivity contribution in [3.8, 4) is 5.82 Å². The fourth-order valence-corrected chi connectivity index (χ4v) is 3.04. The molecule has 1 aliphatic rings. The Morgan fingerprint density at radius 2 is 2.00 bits per heavy atom. The molecule has 1 amide bonds. The van der Waals surface area contributed by atoms with Gasteiger partial charge in [0.2, 0.25) is 5.91 Å². The number of anilines is 1. The van der Waals surface area contributed by atoms with E-state index in [4.69, 9.17) is 4.42 Å². The van der Waals surface area contributed by atoms with E-state index in [1.807, 2.05) is 24.3 Å². The number of carbonyl (C=O) groups excluding carboxylic acids is 1. The maximum atomic E-state index is 12.3. The number of nitrogens with one attached hydrogen (secondary N) is 1. The Bertz CT molecular complexity index is 823. The summed E-state index contributed by atoms with van der Waals surface area (Å²) in [4.78, 5) is 18.3. The summed E-state index contributed by atoms with van der Waals surface area (Å²) in [5, 5.41) is 15.4. The van der Waals surface area contributed by atoms with Crippen molar-refractivity contribution in [1.29, 1.82) is 0 Å². The predicted octanol–water partition coefficient (Wildman–Crippen LogP) is 1.18. The van der Waals surface area contributed by atoms with Crippen LogP contribution in [0.2, 0.25) is 0 Å². The van der Waals surface area contributed by atoms with Gasteiger partial charge in [0.05, 0.1) is 12.8 Å². The van der Waals surface area contributed by atoms with E-state index in [-0.39, 0.29) is 11.8 Å². The van der Waals surface area contributed by atoms with Gasteiger partial charge in [-0.1, -0.05) is 0 Å². The molecule has 0 radical (unpaired) electrons. The van der Waals surface area contributed by atoms with Crippen molar-refractivity contribution < 1.29 is 9.21 Å². The first-order valence-corrected chi connectivity index (χ1v) is 8.53. The van der Waals surface area contributed by atoms with Gasteiger partial charge in [0.1, 0.15) is 18.4 Å². The molecular weight excluding hydrogens is 334 g/mol. The summed E-state index contributed by atoms with van der Waals surface area (Å²) in [5.74, 6) is 2.29. The number of nitrogens with zero attached hydrogens (tertiary/aromatic N) is 6. The van der Waals surface area contributed by atoms with Crippen molar-refractivity contribution in [2.45, 2.75) is 19.4 Å². The molecule has 0 atom stereocenters. The van der Waals surface area contributed by atoms with Crippen LogP contribution >= 0.6 is 0 Å². The molecule has 1 fully saturated rings. The summed E-state index contributed by atoms with van der Waals surface area (Å²) in [6.45, 7) is 1.98. The van der Waals surface area contributed by atoms with Crippen LogP contribution in [-0.4, -0.2) is 44.0 Å². The Labute approximate surface area is 150 Å². The summed E-state index contributed by atoms with van der Waals surface area (Å²) in [6.07, 6.45) is 6.22. The molecule has 0 spiro atoms. The Balaban J connectivity index is 1.29. The summed E-state index contributed by atoms with van der Waals surface area (Å²) in [7, 11) is 0. The highest BCUT2D eigenvalue weighted by Crippen LogP contribution is 2.22. The molecule has 9 nitrogen and oxygen atoms in total. The lowest BCUT2D eigenvalue weighted by Crippen LogP contribution is -2.40. The monoisotopic (exact) mass is 353 g/mol. The maximum absolute atomic E-state index is 12.3. The molecule has 3 aromatic rings. The molecular formula is C17H19N7O2. The van der Waals surface area contributed by atoms with E-state index in [1.54, 1.807) is 17.3 Å². The lowest BCUT2D eigenvalue weighted by atomic mass is 9.96. The van der Waals surface area contributed by atoms with Crippen molar-refractivity contribution >= 4 is 11.7 Å². The number of hydrogen-bond acceptors (Lipinski definition) is 7. The second-order valence-electron chi connectivity index (χ2n) is 6.15. The summed E-state index contributed by atoms with van der Waals surface area (Å²) >= 11 is 0. The predicted molar refractivity (Wildman–Crippen MR) is 92.4 cm³/mol. The molecule has 4 rings (SSSR count). The van der Waals surface area contributed by atoms with Gasteiger partial charge >= 0.3 is 0 Å². The highest BCUT2D eigenvalue weighted by molar-refractivity contribution is 5.78. The molecule has 4 heterocycles. The number of hydrogen-bond donors (Lipinski definition) is 1. The Morgan fingerprint density at radius 3 is 2.65 bits per heavy atom. The lowest BCUT2D eigenvalue weighted by Gasteiger charge is -2.31. The first-order valence-electron chi connectivity index (χ1n) is 8.53. The van der Waals surface area contributed by atoms with Crippen LogP contribution in [-0.2, 0) is 11.3 Å². The summed E-state index contributed by atoms with van der Waals surface area (Å²) in [6, 6.07) is 7.44. The molecule has 26 heavy (non-hydrogen) atoms. The van der Waals surface area contributed by atoms with Gasteiger partial charge in [0, 0.05) is 19.0 Å². The Hall–Kier alpha value is -3.23. The number of carbonyl (C=O) groups is 1. The highest BCUT2D eigenvalue weighted by Gasteiger charge is 2.25. The molecule has 1 N–H and O–H groups in total. The molecule has 1 saturated heterocycles. The van der Waals surface area contributed by atoms with Gasteiger partial charge in [-0.25, -0.2) is 9.67 Å². The Kier molecular flexibility index (Phi) is 4.59. The quantitative estimate of drug-likeness (QED) is 0.735. The minimum absolute atomic E-state index is 0.0172. The van der Waals surface area contributed by atoms with E-state index in [0.717, 1.165) is 37.5 Å². The van der Waals surface area contributed by atoms with Gasteiger partial charge < -0.3 is 14.6 Å². The average Bonchev–Trinajstić information content (AvgIpc) is 3.40. The van der Waals surface area contributed by atoms with Crippen molar-refractivity contribution in [1.82, 2.24) is 30.3 Å². The first kappa shape index (κ1) is 16.2. The largest absolute Gasteiger partial charge is 0.467 e.